The maximum Gasteiger partial charge on any atom is 0.251 e. The van der Waals surface area contributed by atoms with Crippen molar-refractivity contribution in [3.05, 3.63) is 0 Å². The molecule has 1 saturated heterocycles. The van der Waals surface area contributed by atoms with E-state index in [4.69, 9.17) is 10.5 Å². The molecule has 1 amide bonds. The summed E-state index contributed by atoms with van der Waals surface area (Å²) in [5, 5.41) is 0. The maximum absolute atomic E-state index is 12.7. The molecule has 0 radical (unpaired) electrons. The summed E-state index contributed by atoms with van der Waals surface area (Å²) in [4.78, 5) is 17.0. The Morgan fingerprint density at radius 3 is 2.38 bits per heavy atom. The van der Waals surface area contributed by atoms with Gasteiger partial charge in [0.1, 0.15) is 6.10 Å². The first-order chi connectivity index (χ1) is 10.0. The highest BCUT2D eigenvalue weighted by Crippen LogP contribution is 2.21. The number of nitrogens with two attached hydrogens (primary N) is 1. The molecule has 0 aromatic carbocycles. The lowest BCUT2D eigenvalue weighted by atomic mass is 10.1. The number of carbonyl (C=O) groups excluding carboxylic acids is 1. The zero-order valence-electron chi connectivity index (χ0n) is 14.2. The molecule has 0 saturated carbocycles. The van der Waals surface area contributed by atoms with Crippen LogP contribution in [0.3, 0.4) is 0 Å². The molecule has 0 aliphatic carbocycles. The second-order valence-electron chi connectivity index (χ2n) is 6.26. The van der Waals surface area contributed by atoms with Gasteiger partial charge in [0, 0.05) is 26.2 Å². The first-order valence-electron chi connectivity index (χ1n) is 8.38. The Kier molecular flexibility index (Phi) is 8.22. The van der Waals surface area contributed by atoms with E-state index in [2.05, 4.69) is 32.6 Å². The zero-order chi connectivity index (χ0) is 15.8. The monoisotopic (exact) mass is 299 g/mol. The smallest absolute Gasteiger partial charge is 0.251 e. The van der Waals surface area contributed by atoms with Crippen molar-refractivity contribution in [1.82, 2.24) is 9.80 Å². The zero-order valence-corrected chi connectivity index (χ0v) is 14.2. The first-order valence-corrected chi connectivity index (χ1v) is 8.38. The molecule has 5 nitrogen and oxygen atoms in total. The summed E-state index contributed by atoms with van der Waals surface area (Å²) < 4.78 is 5.76. The summed E-state index contributed by atoms with van der Waals surface area (Å²) in [5.74, 6) is 0.615. The molecule has 0 spiro atoms. The number of carbonyl (C=O) groups is 1. The summed E-state index contributed by atoms with van der Waals surface area (Å²) >= 11 is 0. The van der Waals surface area contributed by atoms with Crippen LogP contribution in [0, 0.1) is 5.92 Å². The Hall–Kier alpha value is -0.650. The number of amides is 1. The summed E-state index contributed by atoms with van der Waals surface area (Å²) in [6, 6.07) is 0. The Morgan fingerprint density at radius 1 is 1.24 bits per heavy atom. The largest absolute Gasteiger partial charge is 0.364 e. The summed E-state index contributed by atoms with van der Waals surface area (Å²) in [7, 11) is 0. The first kappa shape index (κ1) is 18.4. The van der Waals surface area contributed by atoms with Gasteiger partial charge in [-0.1, -0.05) is 27.7 Å². The molecule has 1 heterocycles. The van der Waals surface area contributed by atoms with Crippen molar-refractivity contribution >= 4 is 5.91 Å². The van der Waals surface area contributed by atoms with Gasteiger partial charge in [-0.2, -0.15) is 0 Å². The van der Waals surface area contributed by atoms with Crippen molar-refractivity contribution in [3.8, 4) is 0 Å². The summed E-state index contributed by atoms with van der Waals surface area (Å²) in [6.45, 7) is 13.7. The lowest BCUT2D eigenvalue weighted by Gasteiger charge is -2.29. The van der Waals surface area contributed by atoms with E-state index in [-0.39, 0.29) is 18.1 Å². The van der Waals surface area contributed by atoms with E-state index < -0.39 is 0 Å². The molecule has 1 aliphatic rings. The van der Waals surface area contributed by atoms with Crippen molar-refractivity contribution < 1.29 is 9.53 Å². The second kappa shape index (κ2) is 9.38. The number of nitrogens with zero attached hydrogens (tertiary/aromatic N) is 2. The SMILES string of the molecule is CCN(CC)CCN(CC(C)C)C(=O)C1CCC(CN)O1. The van der Waals surface area contributed by atoms with E-state index >= 15 is 0 Å². The van der Waals surface area contributed by atoms with Crippen LogP contribution in [0.1, 0.15) is 40.5 Å². The van der Waals surface area contributed by atoms with Crippen LogP contribution in [0.2, 0.25) is 0 Å². The molecule has 1 fully saturated rings. The molecule has 0 aromatic heterocycles. The van der Waals surface area contributed by atoms with Gasteiger partial charge in [0.2, 0.25) is 0 Å². The highest BCUT2D eigenvalue weighted by Gasteiger charge is 2.33. The van der Waals surface area contributed by atoms with E-state index in [1.165, 1.54) is 0 Å². The molecule has 124 valence electrons. The minimum atomic E-state index is -0.283. The fourth-order valence-corrected chi connectivity index (χ4v) is 2.80. The van der Waals surface area contributed by atoms with Crippen molar-refractivity contribution in [2.75, 3.05) is 39.3 Å². The molecule has 0 bridgehead atoms. The topological polar surface area (TPSA) is 58.8 Å². The number of hydrogen-bond acceptors (Lipinski definition) is 4. The number of rotatable bonds is 9. The van der Waals surface area contributed by atoms with Crippen LogP contribution in [-0.4, -0.2) is 67.2 Å². The molecule has 21 heavy (non-hydrogen) atoms. The van der Waals surface area contributed by atoms with E-state index in [1.54, 1.807) is 0 Å². The Morgan fingerprint density at radius 2 is 1.90 bits per heavy atom. The Balaban J connectivity index is 2.57. The van der Waals surface area contributed by atoms with Crippen LogP contribution >= 0.6 is 0 Å². The van der Waals surface area contributed by atoms with Crippen molar-refractivity contribution in [2.45, 2.75) is 52.7 Å². The van der Waals surface area contributed by atoms with Gasteiger partial charge >= 0.3 is 0 Å². The van der Waals surface area contributed by atoms with Gasteiger partial charge in [0.15, 0.2) is 0 Å². The van der Waals surface area contributed by atoms with Crippen molar-refractivity contribution in [1.29, 1.82) is 0 Å². The van der Waals surface area contributed by atoms with Crippen molar-refractivity contribution in [2.24, 2.45) is 11.7 Å². The van der Waals surface area contributed by atoms with E-state index in [1.807, 2.05) is 4.90 Å². The van der Waals surface area contributed by atoms with Gasteiger partial charge in [-0.3, -0.25) is 4.79 Å². The third-order valence-corrected chi connectivity index (χ3v) is 4.12. The average Bonchev–Trinajstić information content (AvgIpc) is 2.94. The molecular formula is C16H33N3O2. The van der Waals surface area contributed by atoms with Crippen molar-refractivity contribution in [3.63, 3.8) is 0 Å². The predicted octanol–water partition coefficient (Wildman–Crippen LogP) is 1.32. The van der Waals surface area contributed by atoms with Gasteiger partial charge in [0.05, 0.1) is 6.10 Å². The number of likely N-dealkylation sites (N-methyl/N-ethyl adjacent to an activating group) is 1. The third kappa shape index (κ3) is 5.93. The number of ether oxygens (including phenoxy) is 1. The fraction of sp³-hybridized carbons (Fsp3) is 0.938. The fourth-order valence-electron chi connectivity index (χ4n) is 2.80. The summed E-state index contributed by atoms with van der Waals surface area (Å²) in [5.41, 5.74) is 5.63. The van der Waals surface area contributed by atoms with E-state index in [0.29, 0.717) is 12.5 Å². The quantitative estimate of drug-likeness (QED) is 0.697. The molecular weight excluding hydrogens is 266 g/mol. The summed E-state index contributed by atoms with van der Waals surface area (Å²) in [6.07, 6.45) is 1.48. The van der Waals surface area contributed by atoms with Crippen LogP contribution in [0.5, 0.6) is 0 Å². The Labute approximate surface area is 129 Å². The van der Waals surface area contributed by atoms with Crippen LogP contribution < -0.4 is 5.73 Å². The molecule has 2 N–H and O–H groups in total. The second-order valence-corrected chi connectivity index (χ2v) is 6.26. The minimum absolute atomic E-state index is 0.0580. The maximum atomic E-state index is 12.7. The lowest BCUT2D eigenvalue weighted by molar-refractivity contribution is -0.143. The van der Waals surface area contributed by atoms with Gasteiger partial charge < -0.3 is 20.3 Å². The minimum Gasteiger partial charge on any atom is -0.364 e. The third-order valence-electron chi connectivity index (χ3n) is 4.12. The average molecular weight is 299 g/mol. The van der Waals surface area contributed by atoms with Crippen LogP contribution in [0.4, 0.5) is 0 Å². The molecule has 1 aliphatic heterocycles. The molecule has 0 aromatic rings. The van der Waals surface area contributed by atoms with Gasteiger partial charge in [-0.15, -0.1) is 0 Å². The van der Waals surface area contributed by atoms with E-state index in [9.17, 15) is 4.79 Å². The molecule has 2 unspecified atom stereocenters. The lowest BCUT2D eigenvalue weighted by Crippen LogP contribution is -2.45. The standard InChI is InChI=1S/C16H33N3O2/c1-5-18(6-2)9-10-19(12-13(3)4)16(20)15-8-7-14(11-17)21-15/h13-15H,5-12,17H2,1-4H3. The van der Waals surface area contributed by atoms with Gasteiger partial charge in [-0.25, -0.2) is 0 Å². The molecule has 2 atom stereocenters. The molecule has 1 rings (SSSR count). The van der Waals surface area contributed by atoms with Crippen LogP contribution in [-0.2, 0) is 9.53 Å². The van der Waals surface area contributed by atoms with Crippen LogP contribution in [0.25, 0.3) is 0 Å². The van der Waals surface area contributed by atoms with E-state index in [0.717, 1.165) is 45.6 Å². The highest BCUT2D eigenvalue weighted by atomic mass is 16.5. The van der Waals surface area contributed by atoms with Gasteiger partial charge in [-0.05, 0) is 31.8 Å². The van der Waals surface area contributed by atoms with Crippen LogP contribution in [0.15, 0.2) is 0 Å². The van der Waals surface area contributed by atoms with Gasteiger partial charge in [0.25, 0.3) is 5.91 Å². The highest BCUT2D eigenvalue weighted by molar-refractivity contribution is 5.81. The normalized spacial score (nSPS) is 22.2. The number of hydrogen-bond donors (Lipinski definition) is 1. The molecule has 5 heteroatoms. The predicted molar refractivity (Wildman–Crippen MR) is 86.2 cm³/mol. The Bertz CT molecular complexity index is 306.